The Labute approximate surface area is 107 Å². The Balaban J connectivity index is 3.13. The molecule has 1 unspecified atom stereocenters. The number of hydrogen-bond donors (Lipinski definition) is 1. The Kier molecular flexibility index (Phi) is 4.68. The van der Waals surface area contributed by atoms with Crippen molar-refractivity contribution in [3.8, 4) is 6.07 Å². The molecule has 0 saturated heterocycles. The van der Waals surface area contributed by atoms with Crippen LogP contribution < -0.4 is 0 Å². The van der Waals surface area contributed by atoms with E-state index in [1.807, 2.05) is 6.07 Å². The third-order valence-corrected chi connectivity index (χ3v) is 3.62. The van der Waals surface area contributed by atoms with Crippen LogP contribution in [0, 0.1) is 21.4 Å². The third-order valence-electron chi connectivity index (χ3n) is 2.20. The molecule has 7 heteroatoms. The molecule has 0 aliphatic carbocycles. The highest BCUT2D eigenvalue weighted by atomic mass is 32.2. The molecule has 1 N–H and O–H groups in total. The van der Waals surface area contributed by atoms with Crippen molar-refractivity contribution >= 4 is 23.4 Å². The van der Waals surface area contributed by atoms with E-state index in [2.05, 4.69) is 0 Å². The van der Waals surface area contributed by atoms with E-state index in [4.69, 9.17) is 10.4 Å². The van der Waals surface area contributed by atoms with E-state index >= 15 is 0 Å². The number of carboxylic acid groups (broad SMARTS) is 1. The smallest absolute Gasteiger partial charge is 0.316 e. The average molecular weight is 266 g/mol. The molecule has 1 aromatic carbocycles. The van der Waals surface area contributed by atoms with Crippen molar-refractivity contribution in [3.05, 3.63) is 33.9 Å². The predicted molar refractivity (Wildman–Crippen MR) is 65.4 cm³/mol. The van der Waals surface area contributed by atoms with Crippen molar-refractivity contribution in [2.75, 3.05) is 0 Å². The molecular formula is C11H10N2O4S. The molecule has 0 saturated carbocycles. The van der Waals surface area contributed by atoms with Gasteiger partial charge >= 0.3 is 5.97 Å². The zero-order valence-corrected chi connectivity index (χ0v) is 10.3. The molecule has 1 atom stereocenters. The molecule has 0 aliphatic rings. The first kappa shape index (κ1) is 14.0. The molecule has 6 nitrogen and oxygen atoms in total. The summed E-state index contributed by atoms with van der Waals surface area (Å²) in [5, 5.41) is 27.7. The van der Waals surface area contributed by atoms with Crippen LogP contribution in [-0.2, 0) is 4.79 Å². The van der Waals surface area contributed by atoms with Gasteiger partial charge in [0, 0.05) is 6.07 Å². The fourth-order valence-electron chi connectivity index (χ4n) is 1.29. The second kappa shape index (κ2) is 6.02. The second-order valence-electron chi connectivity index (χ2n) is 3.40. The lowest BCUT2D eigenvalue weighted by Gasteiger charge is -2.09. The molecular weight excluding hydrogens is 256 g/mol. The summed E-state index contributed by atoms with van der Waals surface area (Å²) < 4.78 is 0. The summed E-state index contributed by atoms with van der Waals surface area (Å²) >= 11 is 0.920. The molecule has 18 heavy (non-hydrogen) atoms. The van der Waals surface area contributed by atoms with E-state index in [1.165, 1.54) is 12.1 Å². The molecule has 0 spiro atoms. The van der Waals surface area contributed by atoms with Gasteiger partial charge in [-0.3, -0.25) is 14.9 Å². The number of nitro benzene ring substituents is 1. The predicted octanol–water partition coefficient (Wildman–Crippen LogP) is 2.42. The van der Waals surface area contributed by atoms with Crippen LogP contribution in [0.5, 0.6) is 0 Å². The van der Waals surface area contributed by atoms with E-state index in [0.29, 0.717) is 6.42 Å². The summed E-state index contributed by atoms with van der Waals surface area (Å²) in [4.78, 5) is 21.4. The van der Waals surface area contributed by atoms with Gasteiger partial charge in [-0.1, -0.05) is 6.92 Å². The van der Waals surface area contributed by atoms with Crippen LogP contribution in [0.25, 0.3) is 0 Å². The fourth-order valence-corrected chi connectivity index (χ4v) is 2.27. The van der Waals surface area contributed by atoms with Crippen LogP contribution in [0.2, 0.25) is 0 Å². The Morgan fingerprint density at radius 1 is 1.67 bits per heavy atom. The molecule has 1 aromatic rings. The van der Waals surface area contributed by atoms with E-state index < -0.39 is 16.1 Å². The van der Waals surface area contributed by atoms with Crippen molar-refractivity contribution in [3.63, 3.8) is 0 Å². The zero-order chi connectivity index (χ0) is 13.7. The SMILES string of the molecule is CCC(Sc1ccc(C#N)cc1[N+](=O)[O-])C(=O)O. The maximum absolute atomic E-state index is 10.9. The summed E-state index contributed by atoms with van der Waals surface area (Å²) in [5.74, 6) is -1.01. The second-order valence-corrected chi connectivity index (χ2v) is 4.65. The van der Waals surface area contributed by atoms with Gasteiger partial charge in [0.15, 0.2) is 0 Å². The van der Waals surface area contributed by atoms with E-state index in [-0.39, 0.29) is 16.1 Å². The Bertz CT molecular complexity index is 524. The largest absolute Gasteiger partial charge is 0.480 e. The number of nitrogens with zero attached hydrogens (tertiary/aromatic N) is 2. The van der Waals surface area contributed by atoms with Gasteiger partial charge in [-0.05, 0) is 18.6 Å². The van der Waals surface area contributed by atoms with Gasteiger partial charge in [0.05, 0.1) is 21.5 Å². The van der Waals surface area contributed by atoms with Crippen LogP contribution in [0.4, 0.5) is 5.69 Å². The van der Waals surface area contributed by atoms with Gasteiger partial charge in [-0.25, -0.2) is 0 Å². The molecule has 0 aliphatic heterocycles. The standard InChI is InChI=1S/C11H10N2O4S/c1-2-9(11(14)15)18-10-4-3-7(6-12)5-8(10)13(16)17/h3-5,9H,2H2,1H3,(H,14,15). The average Bonchev–Trinajstić information content (AvgIpc) is 2.35. The van der Waals surface area contributed by atoms with Gasteiger partial charge < -0.3 is 5.11 Å². The maximum atomic E-state index is 10.9. The first-order chi connectivity index (χ1) is 8.49. The van der Waals surface area contributed by atoms with E-state index in [0.717, 1.165) is 17.8 Å². The highest BCUT2D eigenvalue weighted by molar-refractivity contribution is 8.00. The van der Waals surface area contributed by atoms with Crippen molar-refractivity contribution < 1.29 is 14.8 Å². The minimum Gasteiger partial charge on any atom is -0.480 e. The Morgan fingerprint density at radius 2 is 2.33 bits per heavy atom. The normalized spacial score (nSPS) is 11.6. The summed E-state index contributed by atoms with van der Waals surface area (Å²) in [7, 11) is 0. The van der Waals surface area contributed by atoms with E-state index in [9.17, 15) is 14.9 Å². The van der Waals surface area contributed by atoms with Crippen molar-refractivity contribution in [1.29, 1.82) is 5.26 Å². The molecule has 0 amide bonds. The highest BCUT2D eigenvalue weighted by Crippen LogP contribution is 2.34. The number of thioether (sulfide) groups is 1. The van der Waals surface area contributed by atoms with Gasteiger partial charge in [-0.2, -0.15) is 5.26 Å². The number of rotatable bonds is 5. The third kappa shape index (κ3) is 3.21. The number of nitro groups is 1. The van der Waals surface area contributed by atoms with Gasteiger partial charge in [0.25, 0.3) is 5.69 Å². The van der Waals surface area contributed by atoms with Crippen LogP contribution in [0.1, 0.15) is 18.9 Å². The topological polar surface area (TPSA) is 104 Å². The molecule has 0 heterocycles. The highest BCUT2D eigenvalue weighted by Gasteiger charge is 2.22. The fraction of sp³-hybridized carbons (Fsp3) is 0.273. The lowest BCUT2D eigenvalue weighted by Crippen LogP contribution is -2.14. The number of carbonyl (C=O) groups is 1. The molecule has 1 rings (SSSR count). The molecule has 94 valence electrons. The van der Waals surface area contributed by atoms with Crippen LogP contribution >= 0.6 is 11.8 Å². The molecule has 0 fully saturated rings. The Morgan fingerprint density at radius 3 is 2.78 bits per heavy atom. The van der Waals surface area contributed by atoms with Crippen molar-refractivity contribution in [2.24, 2.45) is 0 Å². The van der Waals surface area contributed by atoms with Crippen LogP contribution in [0.3, 0.4) is 0 Å². The quantitative estimate of drug-likeness (QED) is 0.498. The summed E-state index contributed by atoms with van der Waals surface area (Å²) in [6.45, 7) is 1.70. The number of aliphatic carboxylic acids is 1. The Hall–Kier alpha value is -2.07. The summed E-state index contributed by atoms with van der Waals surface area (Å²) in [6, 6.07) is 5.80. The van der Waals surface area contributed by atoms with Gasteiger partial charge in [-0.15, -0.1) is 11.8 Å². The molecule has 0 bridgehead atoms. The number of hydrogen-bond acceptors (Lipinski definition) is 5. The van der Waals surface area contributed by atoms with Gasteiger partial charge in [0.1, 0.15) is 5.25 Å². The zero-order valence-electron chi connectivity index (χ0n) is 9.49. The van der Waals surface area contributed by atoms with Crippen molar-refractivity contribution in [1.82, 2.24) is 0 Å². The monoisotopic (exact) mass is 266 g/mol. The summed E-state index contributed by atoms with van der Waals surface area (Å²) in [6.07, 6.45) is 0.358. The number of nitriles is 1. The minimum atomic E-state index is -1.01. The first-order valence-electron chi connectivity index (χ1n) is 5.07. The maximum Gasteiger partial charge on any atom is 0.316 e. The van der Waals surface area contributed by atoms with Crippen molar-refractivity contribution in [2.45, 2.75) is 23.5 Å². The minimum absolute atomic E-state index is 0.175. The lowest BCUT2D eigenvalue weighted by molar-refractivity contribution is -0.387. The van der Waals surface area contributed by atoms with Gasteiger partial charge in [0.2, 0.25) is 0 Å². The van der Waals surface area contributed by atoms with Crippen LogP contribution in [-0.4, -0.2) is 21.2 Å². The lowest BCUT2D eigenvalue weighted by atomic mass is 10.2. The number of carboxylic acids is 1. The van der Waals surface area contributed by atoms with E-state index in [1.54, 1.807) is 6.92 Å². The first-order valence-corrected chi connectivity index (χ1v) is 5.95. The molecule has 0 radical (unpaired) electrons. The summed E-state index contributed by atoms with van der Waals surface area (Å²) in [5.41, 5.74) is -0.0619. The van der Waals surface area contributed by atoms with Crippen LogP contribution in [0.15, 0.2) is 23.1 Å². The number of benzene rings is 1. The molecule has 0 aromatic heterocycles.